The normalized spacial score (nSPS) is 14.7. The van der Waals surface area contributed by atoms with Gasteiger partial charge in [0.25, 0.3) is 0 Å². The summed E-state index contributed by atoms with van der Waals surface area (Å²) in [5, 5.41) is 0.522. The lowest BCUT2D eigenvalue weighted by Gasteiger charge is -2.30. The van der Waals surface area contributed by atoms with E-state index in [0.717, 1.165) is 28.9 Å². The van der Waals surface area contributed by atoms with Crippen LogP contribution in [0.4, 0.5) is 5.13 Å². The zero-order valence-electron chi connectivity index (χ0n) is 21.3. The Balaban J connectivity index is 1.50. The van der Waals surface area contributed by atoms with Gasteiger partial charge in [0.05, 0.1) is 22.8 Å². The summed E-state index contributed by atoms with van der Waals surface area (Å²) in [5.74, 6) is -0.160. The number of hydrogen-bond acceptors (Lipinski definition) is 7. The summed E-state index contributed by atoms with van der Waals surface area (Å²) in [5.41, 5.74) is 2.56. The van der Waals surface area contributed by atoms with Gasteiger partial charge in [0.15, 0.2) is 15.0 Å². The average Bonchev–Trinajstić information content (AvgIpc) is 3.37. The first kappa shape index (κ1) is 26.5. The van der Waals surface area contributed by atoms with E-state index in [1.165, 1.54) is 17.6 Å². The number of rotatable bonds is 9. The Morgan fingerprint density at radius 3 is 2.21 bits per heavy atom. The first-order valence-electron chi connectivity index (χ1n) is 12.7. The van der Waals surface area contributed by atoms with E-state index in [1.54, 1.807) is 17.0 Å². The zero-order valence-corrected chi connectivity index (χ0v) is 23.0. The molecular weight excluding hydrogens is 518 g/mol. The molecule has 1 fully saturated rings. The average molecular weight is 550 g/mol. The maximum atomic E-state index is 14.1. The number of anilines is 1. The third-order valence-corrected chi connectivity index (χ3v) is 9.00. The molecule has 0 N–H and O–H groups in total. The number of para-hydroxylation sites is 1. The van der Waals surface area contributed by atoms with Gasteiger partial charge in [-0.2, -0.15) is 0 Å². The number of morpholine rings is 1. The van der Waals surface area contributed by atoms with Crippen LogP contribution in [0.15, 0.2) is 83.8 Å². The lowest BCUT2D eigenvalue weighted by molar-refractivity contribution is -0.118. The third-order valence-electron chi connectivity index (χ3n) is 6.83. The molecule has 198 valence electrons. The van der Waals surface area contributed by atoms with Crippen molar-refractivity contribution < 1.29 is 17.9 Å². The van der Waals surface area contributed by atoms with Gasteiger partial charge in [0.2, 0.25) is 5.91 Å². The number of fused-ring (bicyclic) bond motifs is 1. The highest BCUT2D eigenvalue weighted by Gasteiger charge is 2.27. The van der Waals surface area contributed by atoms with Gasteiger partial charge < -0.3 is 4.74 Å². The lowest BCUT2D eigenvalue weighted by atomic mass is 9.88. The Hall–Kier alpha value is -3.11. The fourth-order valence-electron chi connectivity index (χ4n) is 4.80. The molecule has 2 heterocycles. The van der Waals surface area contributed by atoms with Gasteiger partial charge in [0, 0.05) is 44.8 Å². The molecule has 7 nitrogen and oxygen atoms in total. The van der Waals surface area contributed by atoms with Crippen molar-refractivity contribution in [3.8, 4) is 0 Å². The molecule has 1 aliphatic heterocycles. The third kappa shape index (κ3) is 6.13. The molecule has 0 spiro atoms. The van der Waals surface area contributed by atoms with Crippen molar-refractivity contribution in [2.24, 2.45) is 0 Å². The monoisotopic (exact) mass is 549 g/mol. The van der Waals surface area contributed by atoms with E-state index < -0.39 is 9.84 Å². The van der Waals surface area contributed by atoms with E-state index in [4.69, 9.17) is 9.72 Å². The van der Waals surface area contributed by atoms with Gasteiger partial charge in [-0.15, -0.1) is 0 Å². The molecule has 1 aliphatic rings. The number of ether oxygens (including phenoxy) is 1. The van der Waals surface area contributed by atoms with Gasteiger partial charge in [0.1, 0.15) is 5.52 Å². The van der Waals surface area contributed by atoms with Crippen molar-refractivity contribution in [1.29, 1.82) is 0 Å². The van der Waals surface area contributed by atoms with Crippen LogP contribution in [0.5, 0.6) is 0 Å². The topological polar surface area (TPSA) is 79.8 Å². The maximum Gasteiger partial charge on any atom is 0.229 e. The number of hydrogen-bond donors (Lipinski definition) is 0. The molecular formula is C29H31N3O4S2. The summed E-state index contributed by atoms with van der Waals surface area (Å²) in [4.78, 5) is 23.0. The second-order valence-corrected chi connectivity index (χ2v) is 12.4. The SMILES string of the molecule is CS(=O)(=O)c1cccc2sc(N(CCN3CCOCC3)C(=O)CC(c3ccccc3)c3ccccc3)nc12. The van der Waals surface area contributed by atoms with E-state index in [9.17, 15) is 13.2 Å². The summed E-state index contributed by atoms with van der Waals surface area (Å²) in [6, 6.07) is 25.3. The Bertz CT molecular complexity index is 1440. The van der Waals surface area contributed by atoms with Crippen molar-refractivity contribution in [3.63, 3.8) is 0 Å². The maximum absolute atomic E-state index is 14.1. The van der Waals surface area contributed by atoms with E-state index in [-0.39, 0.29) is 23.1 Å². The molecule has 1 aromatic heterocycles. The van der Waals surface area contributed by atoms with Gasteiger partial charge in [-0.1, -0.05) is 78.1 Å². The van der Waals surface area contributed by atoms with Crippen molar-refractivity contribution in [2.45, 2.75) is 17.2 Å². The van der Waals surface area contributed by atoms with Gasteiger partial charge in [-0.3, -0.25) is 14.6 Å². The van der Waals surface area contributed by atoms with Gasteiger partial charge >= 0.3 is 0 Å². The highest BCUT2D eigenvalue weighted by molar-refractivity contribution is 7.91. The number of carbonyl (C=O) groups excluding carboxylic acids is 1. The summed E-state index contributed by atoms with van der Waals surface area (Å²) in [6.07, 6.45) is 1.46. The molecule has 1 amide bonds. The van der Waals surface area contributed by atoms with E-state index in [2.05, 4.69) is 29.2 Å². The predicted molar refractivity (Wildman–Crippen MR) is 152 cm³/mol. The summed E-state index contributed by atoms with van der Waals surface area (Å²) in [7, 11) is -3.46. The van der Waals surface area contributed by atoms with Crippen LogP contribution in [0.1, 0.15) is 23.5 Å². The minimum Gasteiger partial charge on any atom is -0.379 e. The molecule has 0 unspecified atom stereocenters. The van der Waals surface area contributed by atoms with E-state index in [1.807, 2.05) is 42.5 Å². The predicted octanol–water partition coefficient (Wildman–Crippen LogP) is 4.59. The Morgan fingerprint density at radius 1 is 0.974 bits per heavy atom. The molecule has 0 aliphatic carbocycles. The highest BCUT2D eigenvalue weighted by Crippen LogP contribution is 2.35. The Morgan fingerprint density at radius 2 is 1.61 bits per heavy atom. The second kappa shape index (κ2) is 11.7. The number of amides is 1. The van der Waals surface area contributed by atoms with Crippen LogP contribution in [0, 0.1) is 0 Å². The number of aromatic nitrogens is 1. The zero-order chi connectivity index (χ0) is 26.5. The molecule has 0 atom stereocenters. The molecule has 0 radical (unpaired) electrons. The molecule has 0 saturated carbocycles. The highest BCUT2D eigenvalue weighted by atomic mass is 32.2. The number of benzene rings is 3. The minimum atomic E-state index is -3.46. The molecule has 38 heavy (non-hydrogen) atoms. The standard InChI is InChI=1S/C29H31N3O4S2/c1-38(34,35)26-14-8-13-25-28(26)30-29(37-25)32(16-15-31-17-19-36-20-18-31)27(33)21-24(22-9-4-2-5-10-22)23-11-6-3-7-12-23/h2-14,24H,15-21H2,1H3. The van der Waals surface area contributed by atoms with Crippen molar-refractivity contribution in [2.75, 3.05) is 50.5 Å². The molecule has 0 bridgehead atoms. The van der Waals surface area contributed by atoms with Crippen molar-refractivity contribution in [3.05, 3.63) is 90.0 Å². The smallest absolute Gasteiger partial charge is 0.229 e. The summed E-state index contributed by atoms with van der Waals surface area (Å²) >= 11 is 1.36. The Kier molecular flexibility index (Phi) is 8.18. The van der Waals surface area contributed by atoms with Crippen molar-refractivity contribution in [1.82, 2.24) is 9.88 Å². The number of carbonyl (C=O) groups is 1. The van der Waals surface area contributed by atoms with Gasteiger partial charge in [-0.25, -0.2) is 13.4 Å². The molecule has 1 saturated heterocycles. The minimum absolute atomic E-state index is 0.0454. The summed E-state index contributed by atoms with van der Waals surface area (Å²) in [6.45, 7) is 4.13. The van der Waals surface area contributed by atoms with Crippen LogP contribution in [0.3, 0.4) is 0 Å². The lowest BCUT2D eigenvalue weighted by Crippen LogP contribution is -2.43. The molecule has 3 aromatic carbocycles. The molecule has 9 heteroatoms. The number of thiazole rings is 1. The number of nitrogens with zero attached hydrogens (tertiary/aromatic N) is 3. The number of sulfone groups is 1. The molecule has 5 rings (SSSR count). The second-order valence-electron chi connectivity index (χ2n) is 9.45. The van der Waals surface area contributed by atoms with Crippen LogP contribution >= 0.6 is 11.3 Å². The van der Waals surface area contributed by atoms with E-state index in [0.29, 0.717) is 37.0 Å². The van der Waals surface area contributed by atoms with Crippen LogP contribution in [-0.4, -0.2) is 69.9 Å². The fourth-order valence-corrected chi connectivity index (χ4v) is 6.74. The molecule has 4 aromatic rings. The van der Waals surface area contributed by atoms with Crippen LogP contribution in [-0.2, 0) is 19.4 Å². The first-order chi connectivity index (χ1) is 18.4. The van der Waals surface area contributed by atoms with E-state index >= 15 is 0 Å². The fraction of sp³-hybridized carbons (Fsp3) is 0.310. The van der Waals surface area contributed by atoms with Gasteiger partial charge in [-0.05, 0) is 23.3 Å². The quantitative estimate of drug-likeness (QED) is 0.304. The summed E-state index contributed by atoms with van der Waals surface area (Å²) < 4.78 is 31.1. The largest absolute Gasteiger partial charge is 0.379 e. The van der Waals surface area contributed by atoms with Crippen LogP contribution < -0.4 is 4.90 Å². The first-order valence-corrected chi connectivity index (χ1v) is 15.4. The van der Waals surface area contributed by atoms with Crippen LogP contribution in [0.2, 0.25) is 0 Å². The Labute approximate surface area is 227 Å². The van der Waals surface area contributed by atoms with Crippen LogP contribution in [0.25, 0.3) is 10.2 Å². The van der Waals surface area contributed by atoms with Crippen molar-refractivity contribution >= 4 is 42.4 Å².